The van der Waals surface area contributed by atoms with Gasteiger partial charge in [0.15, 0.2) is 11.5 Å². The van der Waals surface area contributed by atoms with Crippen LogP contribution in [0.2, 0.25) is 5.02 Å². The summed E-state index contributed by atoms with van der Waals surface area (Å²) >= 11 is 6.71. The van der Waals surface area contributed by atoms with Gasteiger partial charge in [0.05, 0.1) is 36.9 Å². The van der Waals surface area contributed by atoms with Crippen molar-refractivity contribution < 1.29 is 27.4 Å². The van der Waals surface area contributed by atoms with Gasteiger partial charge in [-0.05, 0) is 55.7 Å². The number of ether oxygens (including phenoxy) is 3. The van der Waals surface area contributed by atoms with E-state index in [2.05, 4.69) is 10.3 Å². The first-order chi connectivity index (χ1) is 19.5. The lowest BCUT2D eigenvalue weighted by molar-refractivity contribution is -0.122. The van der Waals surface area contributed by atoms with Crippen molar-refractivity contribution in [3.8, 4) is 17.4 Å². The van der Waals surface area contributed by atoms with E-state index in [0.717, 1.165) is 22.7 Å². The third-order valence-electron chi connectivity index (χ3n) is 6.88. The van der Waals surface area contributed by atoms with Gasteiger partial charge >= 0.3 is 0 Å². The molecular formula is C29H35ClN4O6S. The number of aryl methyl sites for hydroxylation is 1. The number of amides is 1. The summed E-state index contributed by atoms with van der Waals surface area (Å²) in [6.45, 7) is 1.85. The maximum Gasteiger partial charge on any atom is 0.265 e. The molecule has 1 amide bonds. The number of carbonyl (C=O) groups excluding carboxylic acids is 1. The number of nitrogens with one attached hydrogen (secondary N) is 1. The van der Waals surface area contributed by atoms with E-state index in [1.807, 2.05) is 32.0 Å². The molecule has 12 heteroatoms. The maximum atomic E-state index is 14.6. The van der Waals surface area contributed by atoms with Crippen molar-refractivity contribution in [3.05, 3.63) is 64.8 Å². The molecule has 0 radical (unpaired) electrons. The molecule has 1 aliphatic rings. The summed E-state index contributed by atoms with van der Waals surface area (Å²) in [6.07, 6.45) is 1.62. The van der Waals surface area contributed by atoms with Crippen LogP contribution in [0.3, 0.4) is 0 Å². The zero-order valence-electron chi connectivity index (χ0n) is 24.0. The van der Waals surface area contributed by atoms with Gasteiger partial charge in [0.25, 0.3) is 10.0 Å². The summed E-state index contributed by atoms with van der Waals surface area (Å²) in [7, 11) is 3.65. The lowest BCUT2D eigenvalue weighted by Crippen LogP contribution is -2.52. The fourth-order valence-electron chi connectivity index (χ4n) is 4.37. The number of aromatic nitrogens is 1. The number of hydrogen-bond acceptors (Lipinski definition) is 8. The Hall–Kier alpha value is -3.70. The Kier molecular flexibility index (Phi) is 9.18. The van der Waals surface area contributed by atoms with Gasteiger partial charge in [0, 0.05) is 50.1 Å². The van der Waals surface area contributed by atoms with Crippen LogP contribution in [0.5, 0.6) is 17.4 Å². The molecule has 1 atom stereocenters. The Labute approximate surface area is 246 Å². The van der Waals surface area contributed by atoms with Gasteiger partial charge < -0.3 is 24.4 Å². The summed E-state index contributed by atoms with van der Waals surface area (Å²) in [5.41, 5.74) is 2.16. The third kappa shape index (κ3) is 6.62. The van der Waals surface area contributed by atoms with E-state index in [4.69, 9.17) is 25.8 Å². The van der Waals surface area contributed by atoms with Crippen LogP contribution in [0.4, 0.5) is 11.4 Å². The summed E-state index contributed by atoms with van der Waals surface area (Å²) in [5, 5.41) is 3.16. The fourth-order valence-corrected chi connectivity index (χ4v) is 6.26. The normalized spacial score (nSPS) is 13.7. The molecule has 4 rings (SSSR count). The summed E-state index contributed by atoms with van der Waals surface area (Å²) < 4.78 is 46.4. The Morgan fingerprint density at radius 1 is 1.02 bits per heavy atom. The molecule has 2 aromatic carbocycles. The lowest BCUT2D eigenvalue weighted by atomic mass is 10.1. The molecule has 10 nitrogen and oxygen atoms in total. The molecule has 1 fully saturated rings. The van der Waals surface area contributed by atoms with Crippen molar-refractivity contribution in [2.24, 2.45) is 0 Å². The first kappa shape index (κ1) is 30.3. The van der Waals surface area contributed by atoms with Crippen molar-refractivity contribution in [1.82, 2.24) is 10.3 Å². The molecule has 0 bridgehead atoms. The zero-order chi connectivity index (χ0) is 29.9. The summed E-state index contributed by atoms with van der Waals surface area (Å²) in [6, 6.07) is 11.6. The SMILES string of the molecule is COc1ccc(C)c(CC(C(=O)NC2CC2)N(c2cc(N(C)C)ccc2Cl)S(=O)(=O)c2ccc(OC)c(OC)c2)n1. The molecule has 41 heavy (non-hydrogen) atoms. The number of methoxy groups -OCH3 is 3. The average molecular weight is 603 g/mol. The number of hydrogen-bond donors (Lipinski definition) is 1. The molecule has 0 spiro atoms. The van der Waals surface area contributed by atoms with Gasteiger partial charge in [0.2, 0.25) is 11.8 Å². The number of pyridine rings is 1. The highest BCUT2D eigenvalue weighted by Crippen LogP contribution is 2.38. The lowest BCUT2D eigenvalue weighted by Gasteiger charge is -2.33. The predicted octanol–water partition coefficient (Wildman–Crippen LogP) is 4.22. The minimum absolute atomic E-state index is 0.0152. The van der Waals surface area contributed by atoms with Crippen LogP contribution in [0.25, 0.3) is 0 Å². The zero-order valence-corrected chi connectivity index (χ0v) is 25.5. The number of nitrogens with zero attached hydrogens (tertiary/aromatic N) is 3. The maximum absolute atomic E-state index is 14.6. The second-order valence-corrected chi connectivity index (χ2v) is 12.2. The van der Waals surface area contributed by atoms with Crippen LogP contribution in [0.15, 0.2) is 53.4 Å². The van der Waals surface area contributed by atoms with Gasteiger partial charge in [-0.2, -0.15) is 0 Å². The number of anilines is 2. The second-order valence-electron chi connectivity index (χ2n) is 9.97. The van der Waals surface area contributed by atoms with E-state index >= 15 is 0 Å². The van der Waals surface area contributed by atoms with Gasteiger partial charge in [-0.15, -0.1) is 0 Å². The molecule has 1 aromatic heterocycles. The van der Waals surface area contributed by atoms with Crippen LogP contribution in [-0.4, -0.2) is 66.8 Å². The summed E-state index contributed by atoms with van der Waals surface area (Å²) in [5.74, 6) is 0.497. The van der Waals surface area contributed by atoms with Crippen molar-refractivity contribution in [2.45, 2.75) is 43.2 Å². The van der Waals surface area contributed by atoms with Crippen LogP contribution in [0.1, 0.15) is 24.1 Å². The molecule has 0 saturated heterocycles. The van der Waals surface area contributed by atoms with Crippen molar-refractivity contribution in [2.75, 3.05) is 44.6 Å². The van der Waals surface area contributed by atoms with Crippen LogP contribution in [-0.2, 0) is 21.2 Å². The predicted molar refractivity (Wildman–Crippen MR) is 159 cm³/mol. The highest BCUT2D eigenvalue weighted by Gasteiger charge is 2.40. The van der Waals surface area contributed by atoms with Gasteiger partial charge in [0.1, 0.15) is 6.04 Å². The standard InChI is InChI=1S/C29H35ClN4O6S/c1-18-7-14-28(40-6)32-23(18)17-25(29(35)31-19-8-9-19)34(24-15-20(33(2)3)10-12-22(24)30)41(36,37)21-11-13-26(38-4)27(16-21)39-5/h7,10-16,19,25H,8-9,17H2,1-6H3,(H,31,35). The molecule has 220 valence electrons. The smallest absolute Gasteiger partial charge is 0.265 e. The minimum atomic E-state index is -4.41. The van der Waals surface area contributed by atoms with E-state index in [-0.39, 0.29) is 33.8 Å². The van der Waals surface area contributed by atoms with Gasteiger partial charge in [-0.25, -0.2) is 13.4 Å². The van der Waals surface area contributed by atoms with Crippen molar-refractivity contribution in [1.29, 1.82) is 0 Å². The highest BCUT2D eigenvalue weighted by atomic mass is 35.5. The number of halogens is 1. The topological polar surface area (TPSA) is 110 Å². The van der Waals surface area contributed by atoms with E-state index in [0.29, 0.717) is 23.0 Å². The molecule has 1 aliphatic carbocycles. The Morgan fingerprint density at radius 2 is 1.73 bits per heavy atom. The van der Waals surface area contributed by atoms with E-state index in [9.17, 15) is 13.2 Å². The second kappa shape index (κ2) is 12.4. The van der Waals surface area contributed by atoms with Crippen LogP contribution < -0.4 is 28.7 Å². The molecule has 1 saturated carbocycles. The Morgan fingerprint density at radius 3 is 2.34 bits per heavy atom. The van der Waals surface area contributed by atoms with Crippen LogP contribution in [0, 0.1) is 6.92 Å². The quantitative estimate of drug-likeness (QED) is 0.328. The molecule has 1 heterocycles. The molecule has 0 aliphatic heterocycles. The number of sulfonamides is 1. The third-order valence-corrected chi connectivity index (χ3v) is 9.02. The number of rotatable bonds is 12. The van der Waals surface area contributed by atoms with Crippen molar-refractivity contribution >= 4 is 38.9 Å². The first-order valence-corrected chi connectivity index (χ1v) is 14.9. The van der Waals surface area contributed by atoms with E-state index in [1.165, 1.54) is 39.5 Å². The van der Waals surface area contributed by atoms with E-state index in [1.54, 1.807) is 24.3 Å². The first-order valence-electron chi connectivity index (χ1n) is 13.0. The Bertz CT molecular complexity index is 1530. The highest BCUT2D eigenvalue weighted by molar-refractivity contribution is 7.93. The Balaban J connectivity index is 1.96. The number of carbonyl (C=O) groups is 1. The number of benzene rings is 2. The summed E-state index contributed by atoms with van der Waals surface area (Å²) in [4.78, 5) is 20.2. The fraction of sp³-hybridized carbons (Fsp3) is 0.379. The average Bonchev–Trinajstić information content (AvgIpc) is 3.77. The minimum Gasteiger partial charge on any atom is -0.493 e. The van der Waals surface area contributed by atoms with E-state index < -0.39 is 22.0 Å². The molecule has 1 N–H and O–H groups in total. The monoisotopic (exact) mass is 602 g/mol. The van der Waals surface area contributed by atoms with Crippen LogP contribution >= 0.6 is 11.6 Å². The van der Waals surface area contributed by atoms with Gasteiger partial charge in [-0.3, -0.25) is 9.10 Å². The largest absolute Gasteiger partial charge is 0.493 e. The molecule has 3 aromatic rings. The van der Waals surface area contributed by atoms with Gasteiger partial charge in [-0.1, -0.05) is 17.7 Å². The molecular weight excluding hydrogens is 568 g/mol. The van der Waals surface area contributed by atoms with Crippen molar-refractivity contribution in [3.63, 3.8) is 0 Å². The molecule has 1 unspecified atom stereocenters.